The highest BCUT2D eigenvalue weighted by molar-refractivity contribution is 5.73. The van der Waals surface area contributed by atoms with Gasteiger partial charge in [-0.3, -0.25) is 4.90 Å². The molecule has 1 saturated heterocycles. The minimum Gasteiger partial charge on any atom is -0.373 e. The second-order valence-corrected chi connectivity index (χ2v) is 6.53. The minimum absolute atomic E-state index is 0.105. The van der Waals surface area contributed by atoms with Crippen molar-refractivity contribution in [1.82, 2.24) is 20.3 Å². The molecule has 7 heteroatoms. The molecule has 0 bridgehead atoms. The molecule has 1 fully saturated rings. The van der Waals surface area contributed by atoms with E-state index in [4.69, 9.17) is 9.26 Å². The predicted molar refractivity (Wildman–Crippen MR) is 87.1 cm³/mol. The molecule has 7 nitrogen and oxygen atoms in total. The molecule has 0 aromatic carbocycles. The van der Waals surface area contributed by atoms with E-state index in [0.717, 1.165) is 24.5 Å². The van der Waals surface area contributed by atoms with Gasteiger partial charge in [0.15, 0.2) is 0 Å². The Morgan fingerprint density at radius 1 is 1.48 bits per heavy atom. The standard InChI is InChI=1S/C16H28N4O3/c1-11(20-8-13(3)22-14(4)9-20)7-17-16(21)19(5)10-15-6-12(2)23-18-15/h6,11,13-14H,7-10H2,1-5H3,(H,17,21)/t11-,13-,14-/m0/s1. The summed E-state index contributed by atoms with van der Waals surface area (Å²) in [6.45, 7) is 11.0. The fourth-order valence-electron chi connectivity index (χ4n) is 2.88. The second-order valence-electron chi connectivity index (χ2n) is 6.53. The number of urea groups is 1. The number of nitrogens with one attached hydrogen (secondary N) is 1. The summed E-state index contributed by atoms with van der Waals surface area (Å²) in [5.41, 5.74) is 0.754. The van der Waals surface area contributed by atoms with Gasteiger partial charge in [0.2, 0.25) is 0 Å². The van der Waals surface area contributed by atoms with Crippen LogP contribution in [-0.2, 0) is 11.3 Å². The number of carbonyl (C=O) groups excluding carboxylic acids is 1. The first-order valence-electron chi connectivity index (χ1n) is 8.15. The van der Waals surface area contributed by atoms with E-state index in [1.165, 1.54) is 0 Å². The molecule has 1 aromatic heterocycles. The zero-order chi connectivity index (χ0) is 17.0. The van der Waals surface area contributed by atoms with E-state index < -0.39 is 0 Å². The van der Waals surface area contributed by atoms with E-state index in [1.807, 2.05) is 13.0 Å². The van der Waals surface area contributed by atoms with Crippen molar-refractivity contribution in [2.75, 3.05) is 26.7 Å². The Morgan fingerprint density at radius 2 is 2.13 bits per heavy atom. The van der Waals surface area contributed by atoms with Crippen LogP contribution in [0.25, 0.3) is 0 Å². The Labute approximate surface area is 137 Å². The van der Waals surface area contributed by atoms with Crippen LogP contribution < -0.4 is 5.32 Å². The smallest absolute Gasteiger partial charge is 0.317 e. The maximum atomic E-state index is 12.2. The van der Waals surface area contributed by atoms with Crippen LogP contribution in [0.2, 0.25) is 0 Å². The molecule has 1 aliphatic heterocycles. The molecule has 0 radical (unpaired) electrons. The van der Waals surface area contributed by atoms with Crippen LogP contribution >= 0.6 is 0 Å². The topological polar surface area (TPSA) is 70.8 Å². The summed E-state index contributed by atoms with van der Waals surface area (Å²) in [7, 11) is 1.75. The van der Waals surface area contributed by atoms with E-state index in [1.54, 1.807) is 11.9 Å². The van der Waals surface area contributed by atoms with E-state index >= 15 is 0 Å². The van der Waals surface area contributed by atoms with Crippen molar-refractivity contribution in [3.05, 3.63) is 17.5 Å². The molecule has 2 heterocycles. The van der Waals surface area contributed by atoms with Gasteiger partial charge in [0.25, 0.3) is 0 Å². The summed E-state index contributed by atoms with van der Waals surface area (Å²) in [5.74, 6) is 0.748. The molecule has 1 aromatic rings. The molecule has 0 spiro atoms. The normalized spacial score (nSPS) is 23.5. The van der Waals surface area contributed by atoms with Gasteiger partial charge < -0.3 is 19.5 Å². The quantitative estimate of drug-likeness (QED) is 0.891. The van der Waals surface area contributed by atoms with Gasteiger partial charge in [-0.15, -0.1) is 0 Å². The lowest BCUT2D eigenvalue weighted by Crippen LogP contribution is -2.53. The van der Waals surface area contributed by atoms with Crippen LogP contribution in [0.15, 0.2) is 10.6 Å². The maximum absolute atomic E-state index is 12.2. The largest absolute Gasteiger partial charge is 0.373 e. The number of ether oxygens (including phenoxy) is 1. The highest BCUT2D eigenvalue weighted by Gasteiger charge is 2.26. The van der Waals surface area contributed by atoms with Gasteiger partial charge >= 0.3 is 6.03 Å². The lowest BCUT2D eigenvalue weighted by molar-refractivity contribution is -0.0778. The number of amides is 2. The molecular weight excluding hydrogens is 296 g/mol. The molecular formula is C16H28N4O3. The molecule has 1 N–H and O–H groups in total. The summed E-state index contributed by atoms with van der Waals surface area (Å²) in [4.78, 5) is 16.2. The Kier molecular flexibility index (Phi) is 6.01. The van der Waals surface area contributed by atoms with Crippen LogP contribution in [0.5, 0.6) is 0 Å². The number of morpholine rings is 1. The summed E-state index contributed by atoms with van der Waals surface area (Å²) < 4.78 is 10.8. The number of hydrogen-bond donors (Lipinski definition) is 1. The average Bonchev–Trinajstić information content (AvgIpc) is 2.88. The van der Waals surface area contributed by atoms with Crippen LogP contribution in [0.3, 0.4) is 0 Å². The van der Waals surface area contributed by atoms with Crippen LogP contribution in [0.4, 0.5) is 4.79 Å². The Balaban J connectivity index is 1.76. The summed E-state index contributed by atoms with van der Waals surface area (Å²) >= 11 is 0. The van der Waals surface area contributed by atoms with Crippen molar-refractivity contribution < 1.29 is 14.1 Å². The van der Waals surface area contributed by atoms with Gasteiger partial charge in [-0.25, -0.2) is 4.79 Å². The SMILES string of the molecule is Cc1cc(CN(C)C(=O)NC[C@H](C)N2C[C@H](C)O[C@@H](C)C2)no1. The molecule has 3 atom stereocenters. The van der Waals surface area contributed by atoms with Crippen molar-refractivity contribution in [3.8, 4) is 0 Å². The summed E-state index contributed by atoms with van der Waals surface area (Å²) in [6, 6.07) is 2.01. The molecule has 130 valence electrons. The van der Waals surface area contributed by atoms with Gasteiger partial charge in [0, 0.05) is 38.8 Å². The van der Waals surface area contributed by atoms with E-state index in [-0.39, 0.29) is 24.3 Å². The highest BCUT2D eigenvalue weighted by atomic mass is 16.5. The van der Waals surface area contributed by atoms with E-state index in [2.05, 4.69) is 36.1 Å². The molecule has 1 aliphatic rings. The zero-order valence-electron chi connectivity index (χ0n) is 14.7. The van der Waals surface area contributed by atoms with Crippen molar-refractivity contribution in [2.24, 2.45) is 0 Å². The number of carbonyl (C=O) groups is 1. The lowest BCUT2D eigenvalue weighted by Gasteiger charge is -2.39. The molecule has 0 saturated carbocycles. The first-order chi connectivity index (χ1) is 10.8. The third kappa shape index (κ3) is 5.21. The van der Waals surface area contributed by atoms with Crippen LogP contribution in [0, 0.1) is 6.92 Å². The number of rotatable bonds is 5. The highest BCUT2D eigenvalue weighted by Crippen LogP contribution is 2.13. The van der Waals surface area contributed by atoms with Gasteiger partial charge in [-0.05, 0) is 27.7 Å². The molecule has 2 rings (SSSR count). The Morgan fingerprint density at radius 3 is 2.70 bits per heavy atom. The molecule has 0 unspecified atom stereocenters. The average molecular weight is 324 g/mol. The van der Waals surface area contributed by atoms with Gasteiger partial charge in [0.05, 0.1) is 18.8 Å². The molecule has 23 heavy (non-hydrogen) atoms. The Hall–Kier alpha value is -1.60. The van der Waals surface area contributed by atoms with Crippen LogP contribution in [0.1, 0.15) is 32.2 Å². The maximum Gasteiger partial charge on any atom is 0.317 e. The first kappa shape index (κ1) is 17.7. The zero-order valence-corrected chi connectivity index (χ0v) is 14.7. The fourth-order valence-corrected chi connectivity index (χ4v) is 2.88. The monoisotopic (exact) mass is 324 g/mol. The molecule has 2 amide bonds. The van der Waals surface area contributed by atoms with Crippen LogP contribution in [-0.4, -0.2) is 65.9 Å². The van der Waals surface area contributed by atoms with Crippen molar-refractivity contribution in [3.63, 3.8) is 0 Å². The molecule has 0 aliphatic carbocycles. The van der Waals surface area contributed by atoms with Crippen molar-refractivity contribution in [2.45, 2.75) is 52.5 Å². The van der Waals surface area contributed by atoms with E-state index in [0.29, 0.717) is 13.1 Å². The lowest BCUT2D eigenvalue weighted by atomic mass is 10.2. The van der Waals surface area contributed by atoms with Crippen molar-refractivity contribution >= 4 is 6.03 Å². The minimum atomic E-state index is -0.105. The van der Waals surface area contributed by atoms with E-state index in [9.17, 15) is 4.79 Å². The first-order valence-corrected chi connectivity index (χ1v) is 8.15. The van der Waals surface area contributed by atoms with Gasteiger partial charge in [0.1, 0.15) is 11.5 Å². The van der Waals surface area contributed by atoms with Gasteiger partial charge in [-0.2, -0.15) is 0 Å². The number of aryl methyl sites for hydroxylation is 1. The number of nitrogens with zero attached hydrogens (tertiary/aromatic N) is 3. The third-order valence-electron chi connectivity index (χ3n) is 4.04. The number of hydrogen-bond acceptors (Lipinski definition) is 5. The third-order valence-corrected chi connectivity index (χ3v) is 4.04. The van der Waals surface area contributed by atoms with Crippen molar-refractivity contribution in [1.29, 1.82) is 0 Å². The van der Waals surface area contributed by atoms with Gasteiger partial charge in [-0.1, -0.05) is 5.16 Å². The fraction of sp³-hybridized carbons (Fsp3) is 0.750. The summed E-state index contributed by atoms with van der Waals surface area (Å²) in [5, 5.41) is 6.89. The predicted octanol–water partition coefficient (Wildman–Crippen LogP) is 1.62. The summed E-state index contributed by atoms with van der Waals surface area (Å²) in [6.07, 6.45) is 0.463. The Bertz CT molecular complexity index is 509. The second kappa shape index (κ2) is 7.79. The number of aromatic nitrogens is 1.